The fourth-order valence-electron chi connectivity index (χ4n) is 2.43. The summed E-state index contributed by atoms with van der Waals surface area (Å²) in [6.45, 7) is 4.24. The Morgan fingerprint density at radius 2 is 2.06 bits per heavy atom. The number of anilines is 1. The number of nitrogens with two attached hydrogens (primary N) is 1. The molecule has 2 heterocycles. The normalized spacial score (nSPS) is 25.8. The Labute approximate surface area is 100 Å². The molecule has 0 aromatic carbocycles. The first-order valence-corrected chi connectivity index (χ1v) is 6.65. The second-order valence-electron chi connectivity index (χ2n) is 4.55. The Morgan fingerprint density at radius 1 is 1.44 bits per heavy atom. The zero-order valence-corrected chi connectivity index (χ0v) is 10.6. The standard InChI is InChI=1S/C12H18N2OS/c1-8-4-3-5-9(2)14(8)12(15)11-10(13)6-7-16-11/h6-9H,3-5,13H2,1-2H3/t8-,9+. The lowest BCUT2D eigenvalue weighted by Gasteiger charge is -2.38. The van der Waals surface area contributed by atoms with E-state index in [-0.39, 0.29) is 5.91 Å². The molecule has 1 aromatic heterocycles. The van der Waals surface area contributed by atoms with Crippen molar-refractivity contribution in [3.63, 3.8) is 0 Å². The summed E-state index contributed by atoms with van der Waals surface area (Å²) in [7, 11) is 0. The van der Waals surface area contributed by atoms with E-state index in [9.17, 15) is 4.79 Å². The number of carbonyl (C=O) groups is 1. The van der Waals surface area contributed by atoms with Crippen LogP contribution in [0.25, 0.3) is 0 Å². The molecule has 0 bridgehead atoms. The van der Waals surface area contributed by atoms with Crippen molar-refractivity contribution in [1.82, 2.24) is 4.90 Å². The third-order valence-corrected chi connectivity index (χ3v) is 4.24. The van der Waals surface area contributed by atoms with E-state index in [4.69, 9.17) is 5.73 Å². The van der Waals surface area contributed by atoms with Crippen LogP contribution in [0.3, 0.4) is 0 Å². The Bertz CT molecular complexity index is 378. The van der Waals surface area contributed by atoms with Crippen molar-refractivity contribution in [2.45, 2.75) is 45.2 Å². The SMILES string of the molecule is C[C@@H]1CCC[C@H](C)N1C(=O)c1sccc1N. The van der Waals surface area contributed by atoms with Gasteiger partial charge in [0, 0.05) is 12.1 Å². The molecule has 1 aromatic rings. The van der Waals surface area contributed by atoms with Crippen LogP contribution in [-0.4, -0.2) is 22.9 Å². The minimum atomic E-state index is 0.104. The molecule has 0 saturated carbocycles. The third-order valence-electron chi connectivity index (χ3n) is 3.32. The molecule has 1 fully saturated rings. The van der Waals surface area contributed by atoms with Crippen molar-refractivity contribution in [1.29, 1.82) is 0 Å². The fraction of sp³-hybridized carbons (Fsp3) is 0.583. The molecule has 1 saturated heterocycles. The maximum Gasteiger partial charge on any atom is 0.266 e. The molecule has 1 aliphatic heterocycles. The molecule has 4 heteroatoms. The summed E-state index contributed by atoms with van der Waals surface area (Å²) in [4.78, 5) is 15.0. The van der Waals surface area contributed by atoms with Crippen molar-refractivity contribution in [2.24, 2.45) is 0 Å². The van der Waals surface area contributed by atoms with Crippen LogP contribution < -0.4 is 5.73 Å². The number of amides is 1. The monoisotopic (exact) mass is 238 g/mol. The van der Waals surface area contributed by atoms with E-state index < -0.39 is 0 Å². The molecule has 88 valence electrons. The molecule has 0 aliphatic carbocycles. The van der Waals surface area contributed by atoms with Crippen LogP contribution in [0.15, 0.2) is 11.4 Å². The molecular formula is C12H18N2OS. The lowest BCUT2D eigenvalue weighted by Crippen LogP contribution is -2.47. The fourth-order valence-corrected chi connectivity index (χ4v) is 3.19. The van der Waals surface area contributed by atoms with Gasteiger partial charge < -0.3 is 10.6 Å². The molecule has 0 unspecified atom stereocenters. The minimum Gasteiger partial charge on any atom is -0.397 e. The van der Waals surface area contributed by atoms with Crippen molar-refractivity contribution in [3.05, 3.63) is 16.3 Å². The van der Waals surface area contributed by atoms with Gasteiger partial charge in [0.25, 0.3) is 5.91 Å². The maximum absolute atomic E-state index is 12.4. The van der Waals surface area contributed by atoms with Gasteiger partial charge in [0.2, 0.25) is 0 Å². The maximum atomic E-state index is 12.4. The smallest absolute Gasteiger partial charge is 0.266 e. The molecule has 1 amide bonds. The molecule has 3 nitrogen and oxygen atoms in total. The number of rotatable bonds is 1. The van der Waals surface area contributed by atoms with Gasteiger partial charge in [-0.25, -0.2) is 0 Å². The third kappa shape index (κ3) is 1.94. The molecule has 0 radical (unpaired) electrons. The van der Waals surface area contributed by atoms with E-state index in [0.717, 1.165) is 12.8 Å². The lowest BCUT2D eigenvalue weighted by atomic mass is 9.97. The van der Waals surface area contributed by atoms with Crippen LogP contribution in [0.1, 0.15) is 42.8 Å². The van der Waals surface area contributed by atoms with E-state index in [1.54, 1.807) is 6.07 Å². The van der Waals surface area contributed by atoms with Crippen LogP contribution in [-0.2, 0) is 0 Å². The van der Waals surface area contributed by atoms with Crippen molar-refractivity contribution < 1.29 is 4.79 Å². The highest BCUT2D eigenvalue weighted by atomic mass is 32.1. The van der Waals surface area contributed by atoms with Crippen LogP contribution in [0.2, 0.25) is 0 Å². The first kappa shape index (κ1) is 11.5. The molecule has 1 aliphatic rings. The van der Waals surface area contributed by atoms with Crippen molar-refractivity contribution >= 4 is 22.9 Å². The van der Waals surface area contributed by atoms with Gasteiger partial charge in [-0.3, -0.25) is 4.79 Å². The lowest BCUT2D eigenvalue weighted by molar-refractivity contribution is 0.0517. The van der Waals surface area contributed by atoms with Crippen LogP contribution in [0, 0.1) is 0 Å². The molecule has 2 rings (SSSR count). The summed E-state index contributed by atoms with van der Waals surface area (Å²) >= 11 is 1.44. The number of hydrogen-bond acceptors (Lipinski definition) is 3. The summed E-state index contributed by atoms with van der Waals surface area (Å²) in [5, 5.41) is 1.88. The predicted molar refractivity (Wildman–Crippen MR) is 67.7 cm³/mol. The molecule has 2 N–H and O–H groups in total. The van der Waals surface area contributed by atoms with Crippen molar-refractivity contribution in [3.8, 4) is 0 Å². The molecule has 2 atom stereocenters. The summed E-state index contributed by atoms with van der Waals surface area (Å²) in [6.07, 6.45) is 3.41. The largest absolute Gasteiger partial charge is 0.397 e. The number of nitrogens with zero attached hydrogens (tertiary/aromatic N) is 1. The average Bonchev–Trinajstić information content (AvgIpc) is 2.64. The van der Waals surface area contributed by atoms with Gasteiger partial charge in [0.05, 0.1) is 5.69 Å². The highest BCUT2D eigenvalue weighted by Crippen LogP contribution is 2.28. The molecular weight excluding hydrogens is 220 g/mol. The molecule has 0 spiro atoms. The Balaban J connectivity index is 2.23. The van der Waals surface area contributed by atoms with Gasteiger partial charge in [-0.15, -0.1) is 11.3 Å². The minimum absolute atomic E-state index is 0.104. The van der Waals surface area contributed by atoms with E-state index in [0.29, 0.717) is 22.6 Å². The van der Waals surface area contributed by atoms with Crippen LogP contribution in [0.5, 0.6) is 0 Å². The van der Waals surface area contributed by atoms with E-state index in [2.05, 4.69) is 13.8 Å². The number of thiophene rings is 1. The highest BCUT2D eigenvalue weighted by molar-refractivity contribution is 7.12. The average molecular weight is 238 g/mol. The first-order valence-electron chi connectivity index (χ1n) is 5.77. The van der Waals surface area contributed by atoms with E-state index >= 15 is 0 Å². The zero-order valence-electron chi connectivity index (χ0n) is 9.77. The second-order valence-corrected chi connectivity index (χ2v) is 5.46. The Morgan fingerprint density at radius 3 is 2.56 bits per heavy atom. The van der Waals surface area contributed by atoms with Gasteiger partial charge in [0.1, 0.15) is 4.88 Å². The molecule has 16 heavy (non-hydrogen) atoms. The van der Waals surface area contributed by atoms with E-state index in [1.807, 2.05) is 10.3 Å². The predicted octanol–water partition coefficient (Wildman–Crippen LogP) is 2.73. The van der Waals surface area contributed by atoms with Gasteiger partial charge in [-0.05, 0) is 44.6 Å². The topological polar surface area (TPSA) is 46.3 Å². The summed E-state index contributed by atoms with van der Waals surface area (Å²) in [5.41, 5.74) is 6.41. The summed E-state index contributed by atoms with van der Waals surface area (Å²) in [5.74, 6) is 0.104. The second kappa shape index (κ2) is 4.45. The first-order chi connectivity index (χ1) is 7.61. The number of likely N-dealkylation sites (tertiary alicyclic amines) is 1. The van der Waals surface area contributed by atoms with Gasteiger partial charge in [-0.1, -0.05) is 0 Å². The highest BCUT2D eigenvalue weighted by Gasteiger charge is 2.30. The van der Waals surface area contributed by atoms with Gasteiger partial charge in [-0.2, -0.15) is 0 Å². The number of hydrogen-bond donors (Lipinski definition) is 1. The Hall–Kier alpha value is -1.03. The number of piperidine rings is 1. The van der Waals surface area contributed by atoms with Crippen molar-refractivity contribution in [2.75, 3.05) is 5.73 Å². The quantitative estimate of drug-likeness (QED) is 0.817. The number of carbonyl (C=O) groups excluding carboxylic acids is 1. The Kier molecular flexibility index (Phi) is 3.19. The van der Waals surface area contributed by atoms with Crippen LogP contribution in [0.4, 0.5) is 5.69 Å². The summed E-state index contributed by atoms with van der Waals surface area (Å²) in [6, 6.07) is 2.47. The van der Waals surface area contributed by atoms with Crippen LogP contribution >= 0.6 is 11.3 Å². The van der Waals surface area contributed by atoms with Gasteiger partial charge in [0.15, 0.2) is 0 Å². The summed E-state index contributed by atoms with van der Waals surface area (Å²) < 4.78 is 0. The number of nitrogen functional groups attached to an aromatic ring is 1. The van der Waals surface area contributed by atoms with Gasteiger partial charge >= 0.3 is 0 Å². The zero-order chi connectivity index (χ0) is 11.7. The van der Waals surface area contributed by atoms with E-state index in [1.165, 1.54) is 17.8 Å².